The van der Waals surface area contributed by atoms with Crippen LogP contribution in [0.15, 0.2) is 29.2 Å². The van der Waals surface area contributed by atoms with Crippen LogP contribution < -0.4 is 5.73 Å². The fourth-order valence-corrected chi connectivity index (χ4v) is 5.50. The maximum absolute atomic E-state index is 12.9. The van der Waals surface area contributed by atoms with E-state index in [0.29, 0.717) is 23.0 Å². The van der Waals surface area contributed by atoms with Crippen LogP contribution >= 0.6 is 0 Å². The Hall–Kier alpha value is -1.07. The van der Waals surface area contributed by atoms with Gasteiger partial charge in [-0.05, 0) is 49.8 Å². The molecule has 1 aromatic carbocycles. The minimum absolute atomic E-state index is 0.198. The Morgan fingerprint density at radius 3 is 2.65 bits per heavy atom. The topological polar surface area (TPSA) is 63.4 Å². The van der Waals surface area contributed by atoms with E-state index < -0.39 is 10.0 Å². The summed E-state index contributed by atoms with van der Waals surface area (Å²) in [5.41, 5.74) is 6.24. The molecular weight excluding hydrogens is 272 g/mol. The van der Waals surface area contributed by atoms with Crippen LogP contribution in [-0.2, 0) is 10.0 Å². The molecule has 0 amide bonds. The van der Waals surface area contributed by atoms with Crippen molar-refractivity contribution < 1.29 is 8.42 Å². The largest absolute Gasteiger partial charge is 0.399 e. The number of nitrogens with two attached hydrogens (primary N) is 1. The highest BCUT2D eigenvalue weighted by atomic mass is 32.2. The summed E-state index contributed by atoms with van der Waals surface area (Å²) < 4.78 is 27.5. The van der Waals surface area contributed by atoms with E-state index in [1.54, 1.807) is 28.6 Å². The fourth-order valence-electron chi connectivity index (χ4n) is 3.69. The molecule has 0 radical (unpaired) electrons. The first-order valence-corrected chi connectivity index (χ1v) is 8.90. The molecule has 2 atom stereocenters. The first-order chi connectivity index (χ1) is 9.59. The van der Waals surface area contributed by atoms with E-state index in [9.17, 15) is 8.42 Å². The number of fused-ring (bicyclic) bond motifs is 1. The number of nitrogens with zero attached hydrogens (tertiary/aromatic N) is 1. The molecule has 0 aromatic heterocycles. The van der Waals surface area contributed by atoms with E-state index in [0.717, 1.165) is 19.3 Å². The smallest absolute Gasteiger partial charge is 0.243 e. The molecule has 1 heterocycles. The Bertz CT molecular complexity index is 583. The van der Waals surface area contributed by atoms with Crippen LogP contribution in [0.25, 0.3) is 0 Å². The molecule has 4 nitrogen and oxygen atoms in total. The van der Waals surface area contributed by atoms with Crippen molar-refractivity contribution in [3.63, 3.8) is 0 Å². The Labute approximate surface area is 121 Å². The van der Waals surface area contributed by atoms with E-state index in [1.807, 2.05) is 0 Å². The predicted molar refractivity (Wildman–Crippen MR) is 79.7 cm³/mol. The molecule has 1 aromatic rings. The number of rotatable bonds is 2. The van der Waals surface area contributed by atoms with E-state index >= 15 is 0 Å². The van der Waals surface area contributed by atoms with Crippen LogP contribution in [0.3, 0.4) is 0 Å². The standard InChI is InChI=1S/C15H22N2O2S/c16-13-7-3-8-14(11-13)20(18,19)17-10-4-6-12-5-1-2-9-15(12)17/h3,7-8,11-12,15H,1-2,4-6,9-10,16H2. The van der Waals surface area contributed by atoms with E-state index in [4.69, 9.17) is 5.73 Å². The Morgan fingerprint density at radius 2 is 1.85 bits per heavy atom. The molecule has 1 aliphatic carbocycles. The molecule has 5 heteroatoms. The summed E-state index contributed by atoms with van der Waals surface area (Å²) in [4.78, 5) is 0.337. The van der Waals surface area contributed by atoms with E-state index in [-0.39, 0.29) is 6.04 Å². The van der Waals surface area contributed by atoms with Crippen LogP contribution in [0.5, 0.6) is 0 Å². The fraction of sp³-hybridized carbons (Fsp3) is 0.600. The monoisotopic (exact) mass is 294 g/mol. The molecule has 1 saturated carbocycles. The summed E-state index contributed by atoms with van der Waals surface area (Å²) >= 11 is 0. The molecular formula is C15H22N2O2S. The van der Waals surface area contributed by atoms with Crippen molar-refractivity contribution in [3.8, 4) is 0 Å². The summed E-state index contributed by atoms with van der Waals surface area (Å²) in [6, 6.07) is 6.85. The van der Waals surface area contributed by atoms with Gasteiger partial charge >= 0.3 is 0 Å². The molecule has 1 aliphatic heterocycles. The van der Waals surface area contributed by atoms with Gasteiger partial charge in [-0.3, -0.25) is 0 Å². The van der Waals surface area contributed by atoms with Gasteiger partial charge in [-0.25, -0.2) is 8.42 Å². The highest BCUT2D eigenvalue weighted by molar-refractivity contribution is 7.89. The van der Waals surface area contributed by atoms with E-state index in [1.165, 1.54) is 19.3 Å². The lowest BCUT2D eigenvalue weighted by atomic mass is 9.79. The van der Waals surface area contributed by atoms with Crippen molar-refractivity contribution in [2.45, 2.75) is 49.5 Å². The lowest BCUT2D eigenvalue weighted by Gasteiger charge is -2.43. The SMILES string of the molecule is Nc1cccc(S(=O)(=O)N2CCCC3CCCCC32)c1. The molecule has 110 valence electrons. The highest BCUT2D eigenvalue weighted by Crippen LogP contribution is 2.38. The van der Waals surface area contributed by atoms with Crippen LogP contribution in [0.2, 0.25) is 0 Å². The summed E-state index contributed by atoms with van der Waals surface area (Å²) in [6.07, 6.45) is 6.72. The average Bonchev–Trinajstić information content (AvgIpc) is 2.46. The first kappa shape index (κ1) is 13.9. The molecule has 2 fully saturated rings. The zero-order valence-corrected chi connectivity index (χ0v) is 12.5. The van der Waals surface area contributed by atoms with Crippen LogP contribution in [0.1, 0.15) is 38.5 Å². The molecule has 20 heavy (non-hydrogen) atoms. The van der Waals surface area contributed by atoms with Gasteiger partial charge in [0.15, 0.2) is 0 Å². The third-order valence-corrected chi connectivity index (χ3v) is 6.58. The van der Waals surface area contributed by atoms with Gasteiger partial charge in [0.2, 0.25) is 10.0 Å². The van der Waals surface area contributed by atoms with Crippen LogP contribution in [0, 0.1) is 5.92 Å². The Balaban J connectivity index is 1.93. The predicted octanol–water partition coefficient (Wildman–Crippen LogP) is 2.61. The van der Waals surface area contributed by atoms with Gasteiger partial charge in [0, 0.05) is 18.3 Å². The second-order valence-electron chi connectivity index (χ2n) is 5.94. The van der Waals surface area contributed by atoms with Crippen LogP contribution in [-0.4, -0.2) is 25.3 Å². The van der Waals surface area contributed by atoms with Gasteiger partial charge in [-0.2, -0.15) is 4.31 Å². The molecule has 0 spiro atoms. The minimum atomic E-state index is -3.40. The van der Waals surface area contributed by atoms with Gasteiger partial charge in [-0.15, -0.1) is 0 Å². The molecule has 2 N–H and O–H groups in total. The van der Waals surface area contributed by atoms with E-state index in [2.05, 4.69) is 0 Å². The van der Waals surface area contributed by atoms with Crippen molar-refractivity contribution in [2.24, 2.45) is 5.92 Å². The molecule has 3 rings (SSSR count). The van der Waals surface area contributed by atoms with Crippen molar-refractivity contribution >= 4 is 15.7 Å². The molecule has 1 saturated heterocycles. The van der Waals surface area contributed by atoms with Crippen molar-refractivity contribution in [1.29, 1.82) is 0 Å². The number of nitrogen functional groups attached to an aromatic ring is 1. The lowest BCUT2D eigenvalue weighted by Crippen LogP contribution is -2.49. The lowest BCUT2D eigenvalue weighted by molar-refractivity contribution is 0.129. The number of benzene rings is 1. The highest BCUT2D eigenvalue weighted by Gasteiger charge is 2.39. The summed E-state index contributed by atoms with van der Waals surface area (Å²) in [5.74, 6) is 0.549. The van der Waals surface area contributed by atoms with Gasteiger partial charge in [-0.1, -0.05) is 18.9 Å². The number of anilines is 1. The number of hydrogen-bond donors (Lipinski definition) is 1. The van der Waals surface area contributed by atoms with Crippen molar-refractivity contribution in [3.05, 3.63) is 24.3 Å². The number of hydrogen-bond acceptors (Lipinski definition) is 3. The summed E-state index contributed by atoms with van der Waals surface area (Å²) in [6.45, 7) is 0.651. The second kappa shape index (κ2) is 5.37. The van der Waals surface area contributed by atoms with Gasteiger partial charge in [0.25, 0.3) is 0 Å². The third kappa shape index (κ3) is 2.44. The van der Waals surface area contributed by atoms with Gasteiger partial charge in [0.05, 0.1) is 4.90 Å². The maximum atomic E-state index is 12.9. The number of sulfonamides is 1. The summed E-state index contributed by atoms with van der Waals surface area (Å²) in [5, 5.41) is 0. The minimum Gasteiger partial charge on any atom is -0.399 e. The average molecular weight is 294 g/mol. The first-order valence-electron chi connectivity index (χ1n) is 7.46. The third-order valence-electron chi connectivity index (χ3n) is 4.66. The molecule has 2 unspecified atom stereocenters. The second-order valence-corrected chi connectivity index (χ2v) is 7.83. The van der Waals surface area contributed by atoms with Crippen LogP contribution in [0.4, 0.5) is 5.69 Å². The Morgan fingerprint density at radius 1 is 1.10 bits per heavy atom. The van der Waals surface area contributed by atoms with Crippen molar-refractivity contribution in [2.75, 3.05) is 12.3 Å². The van der Waals surface area contributed by atoms with Crippen molar-refractivity contribution in [1.82, 2.24) is 4.31 Å². The zero-order chi connectivity index (χ0) is 14.2. The zero-order valence-electron chi connectivity index (χ0n) is 11.7. The normalized spacial score (nSPS) is 28.0. The number of piperidine rings is 1. The van der Waals surface area contributed by atoms with Gasteiger partial charge in [0.1, 0.15) is 0 Å². The Kier molecular flexibility index (Phi) is 3.73. The van der Waals surface area contributed by atoms with Gasteiger partial charge < -0.3 is 5.73 Å². The quantitative estimate of drug-likeness (QED) is 0.853. The molecule has 2 aliphatic rings. The molecule has 0 bridgehead atoms. The maximum Gasteiger partial charge on any atom is 0.243 e. The summed E-state index contributed by atoms with van der Waals surface area (Å²) in [7, 11) is -3.40.